The Hall–Kier alpha value is -4.27. The van der Waals surface area contributed by atoms with E-state index in [0.29, 0.717) is 16.8 Å². The van der Waals surface area contributed by atoms with Crippen LogP contribution in [0.1, 0.15) is 33.2 Å². The van der Waals surface area contributed by atoms with Crippen LogP contribution in [-0.2, 0) is 18.4 Å². The highest BCUT2D eigenvalue weighted by Crippen LogP contribution is 2.43. The summed E-state index contributed by atoms with van der Waals surface area (Å²) in [4.78, 5) is 39.4. The second-order valence-corrected chi connectivity index (χ2v) is 8.61. The Balaban J connectivity index is 1.85. The third-order valence-corrected chi connectivity index (χ3v) is 6.44. The van der Waals surface area contributed by atoms with Gasteiger partial charge in [0.15, 0.2) is 0 Å². The van der Waals surface area contributed by atoms with Crippen LogP contribution in [0.15, 0.2) is 18.5 Å². The largest absolute Gasteiger partial charge is 0.365 e. The third-order valence-electron chi connectivity index (χ3n) is 5.34. The van der Waals surface area contributed by atoms with Crippen molar-refractivity contribution >= 4 is 44.7 Å². The zero-order chi connectivity index (χ0) is 25.6. The standard InChI is InChI=1S/C20H18F2N8O4S/c1-8-13(30(33)34)6-29(27-8)7-14(31)26-16-15-10(11-5-24-28(3)9(11)2)4-12(18(21)22)25-20(15)35-17(16)19(23)32/h4-6,18H,7H2,1-3H3,(H2,23,32)(H,26,31). The normalized spacial score (nSPS) is 11.4. The molecule has 0 aliphatic rings. The Morgan fingerprint density at radius 2 is 2.03 bits per heavy atom. The van der Waals surface area contributed by atoms with Gasteiger partial charge in [0, 0.05) is 23.7 Å². The second-order valence-electron chi connectivity index (χ2n) is 7.62. The average molecular weight is 504 g/mol. The number of anilines is 1. The summed E-state index contributed by atoms with van der Waals surface area (Å²) in [6, 6.07) is 1.18. The first kappa shape index (κ1) is 23.9. The molecule has 35 heavy (non-hydrogen) atoms. The van der Waals surface area contributed by atoms with Crippen LogP contribution in [-0.4, -0.2) is 41.3 Å². The molecule has 0 saturated carbocycles. The van der Waals surface area contributed by atoms with E-state index in [4.69, 9.17) is 5.73 Å². The fraction of sp³-hybridized carbons (Fsp3) is 0.250. The summed E-state index contributed by atoms with van der Waals surface area (Å²) >= 11 is 0.771. The average Bonchev–Trinajstić information content (AvgIpc) is 3.43. The molecule has 0 aromatic carbocycles. The van der Waals surface area contributed by atoms with Crippen molar-refractivity contribution in [1.29, 1.82) is 0 Å². The summed E-state index contributed by atoms with van der Waals surface area (Å²) in [5, 5.41) is 22.0. The zero-order valence-electron chi connectivity index (χ0n) is 18.6. The van der Waals surface area contributed by atoms with Gasteiger partial charge in [-0.05, 0) is 25.5 Å². The van der Waals surface area contributed by atoms with Gasteiger partial charge in [-0.1, -0.05) is 0 Å². The number of alkyl halides is 2. The van der Waals surface area contributed by atoms with Gasteiger partial charge >= 0.3 is 5.69 Å². The second kappa shape index (κ2) is 8.83. The lowest BCUT2D eigenvalue weighted by Crippen LogP contribution is -2.21. The maximum Gasteiger partial charge on any atom is 0.309 e. The highest BCUT2D eigenvalue weighted by Gasteiger charge is 2.26. The van der Waals surface area contributed by atoms with Gasteiger partial charge in [0.1, 0.15) is 33.8 Å². The Kier molecular flexibility index (Phi) is 6.02. The fourth-order valence-electron chi connectivity index (χ4n) is 3.59. The lowest BCUT2D eigenvalue weighted by Gasteiger charge is -2.11. The van der Waals surface area contributed by atoms with Crippen molar-refractivity contribution < 1.29 is 23.3 Å². The molecular formula is C20H18F2N8O4S. The minimum absolute atomic E-state index is 0.00690. The Morgan fingerprint density at radius 1 is 1.31 bits per heavy atom. The number of nitrogens with two attached hydrogens (primary N) is 1. The number of aryl methyl sites for hydroxylation is 2. The molecule has 0 radical (unpaired) electrons. The predicted octanol–water partition coefficient (Wildman–Crippen LogP) is 3.09. The summed E-state index contributed by atoms with van der Waals surface area (Å²) in [6.07, 6.45) is -0.291. The van der Waals surface area contributed by atoms with Crippen molar-refractivity contribution in [3.8, 4) is 11.1 Å². The molecule has 2 amide bonds. The van der Waals surface area contributed by atoms with E-state index in [-0.39, 0.29) is 32.2 Å². The molecule has 0 aliphatic heterocycles. The third kappa shape index (κ3) is 4.32. The number of halogens is 2. The van der Waals surface area contributed by atoms with Crippen LogP contribution in [0.2, 0.25) is 0 Å². The molecule has 182 valence electrons. The van der Waals surface area contributed by atoms with Crippen LogP contribution in [0.4, 0.5) is 20.2 Å². The van der Waals surface area contributed by atoms with E-state index in [0.717, 1.165) is 22.2 Å². The van der Waals surface area contributed by atoms with Gasteiger partial charge in [-0.25, -0.2) is 13.8 Å². The molecule has 0 saturated heterocycles. The van der Waals surface area contributed by atoms with E-state index in [1.54, 1.807) is 18.7 Å². The van der Waals surface area contributed by atoms with E-state index in [1.165, 1.54) is 19.2 Å². The lowest BCUT2D eigenvalue weighted by atomic mass is 10.0. The van der Waals surface area contributed by atoms with Gasteiger partial charge in [0.05, 0.1) is 16.8 Å². The SMILES string of the molecule is Cc1nn(CC(=O)Nc2c(C(N)=O)sc3nc(C(F)F)cc(-c4cnn(C)c4C)c23)cc1[N+](=O)[O-]. The predicted molar refractivity (Wildman–Crippen MR) is 122 cm³/mol. The number of amides is 2. The van der Waals surface area contributed by atoms with Gasteiger partial charge in [0.2, 0.25) is 5.91 Å². The summed E-state index contributed by atoms with van der Waals surface area (Å²) in [6.45, 7) is 2.76. The first-order valence-corrected chi connectivity index (χ1v) is 10.8. The van der Waals surface area contributed by atoms with Gasteiger partial charge in [-0.2, -0.15) is 10.2 Å². The van der Waals surface area contributed by atoms with Gasteiger partial charge in [0.25, 0.3) is 12.3 Å². The number of thiophene rings is 1. The molecule has 4 rings (SSSR count). The van der Waals surface area contributed by atoms with Crippen LogP contribution >= 0.6 is 11.3 Å². The van der Waals surface area contributed by atoms with Gasteiger partial charge < -0.3 is 11.1 Å². The first-order valence-electron chi connectivity index (χ1n) is 10.0. The van der Waals surface area contributed by atoms with Crippen molar-refractivity contribution in [2.45, 2.75) is 26.8 Å². The number of hydrogen-bond acceptors (Lipinski definition) is 8. The molecule has 0 aliphatic carbocycles. The van der Waals surface area contributed by atoms with Crippen molar-refractivity contribution in [2.24, 2.45) is 12.8 Å². The highest BCUT2D eigenvalue weighted by atomic mass is 32.1. The van der Waals surface area contributed by atoms with E-state index in [1.807, 2.05) is 0 Å². The number of aromatic nitrogens is 5. The number of nitrogens with zero attached hydrogens (tertiary/aromatic N) is 6. The molecule has 0 bridgehead atoms. The van der Waals surface area contributed by atoms with Gasteiger partial charge in [-0.3, -0.25) is 29.1 Å². The number of hydrogen-bond donors (Lipinski definition) is 2. The Bertz CT molecular complexity index is 1510. The zero-order valence-corrected chi connectivity index (χ0v) is 19.4. The molecule has 3 N–H and O–H groups in total. The van der Waals surface area contributed by atoms with Gasteiger partial charge in [-0.15, -0.1) is 11.3 Å². The quantitative estimate of drug-likeness (QED) is 0.288. The number of nitrogens with one attached hydrogen (secondary N) is 1. The molecule has 4 aromatic rings. The maximum absolute atomic E-state index is 13.6. The summed E-state index contributed by atoms with van der Waals surface area (Å²) in [5.74, 6) is -1.56. The molecule has 15 heteroatoms. The number of rotatable bonds is 7. The molecule has 0 unspecified atom stereocenters. The summed E-state index contributed by atoms with van der Waals surface area (Å²) in [7, 11) is 1.68. The smallest absolute Gasteiger partial charge is 0.309 e. The molecule has 4 aromatic heterocycles. The fourth-order valence-corrected chi connectivity index (χ4v) is 4.61. The topological polar surface area (TPSA) is 164 Å². The van der Waals surface area contributed by atoms with E-state index < -0.39 is 35.4 Å². The molecule has 12 nitrogen and oxygen atoms in total. The Morgan fingerprint density at radius 3 is 2.57 bits per heavy atom. The molecule has 0 fully saturated rings. The molecule has 0 spiro atoms. The lowest BCUT2D eigenvalue weighted by molar-refractivity contribution is -0.385. The monoisotopic (exact) mass is 504 g/mol. The number of nitro groups is 1. The van der Waals surface area contributed by atoms with Crippen molar-refractivity contribution in [1.82, 2.24) is 24.5 Å². The van der Waals surface area contributed by atoms with Crippen molar-refractivity contribution in [2.75, 3.05) is 5.32 Å². The molecular weight excluding hydrogens is 486 g/mol. The number of pyridine rings is 1. The van der Waals surface area contributed by atoms with Crippen LogP contribution in [0.5, 0.6) is 0 Å². The minimum Gasteiger partial charge on any atom is -0.365 e. The molecule has 0 atom stereocenters. The van der Waals surface area contributed by atoms with E-state index in [2.05, 4.69) is 20.5 Å². The van der Waals surface area contributed by atoms with Crippen LogP contribution in [0.3, 0.4) is 0 Å². The first-order chi connectivity index (χ1) is 16.5. The van der Waals surface area contributed by atoms with Crippen LogP contribution < -0.4 is 11.1 Å². The van der Waals surface area contributed by atoms with E-state index in [9.17, 15) is 28.5 Å². The van der Waals surface area contributed by atoms with Crippen LogP contribution in [0, 0.1) is 24.0 Å². The van der Waals surface area contributed by atoms with Crippen molar-refractivity contribution in [3.05, 3.63) is 50.5 Å². The highest BCUT2D eigenvalue weighted by molar-refractivity contribution is 7.21. The number of primary amides is 1. The summed E-state index contributed by atoms with van der Waals surface area (Å²) in [5.41, 5.74) is 6.34. The Labute approximate surface area is 199 Å². The maximum atomic E-state index is 13.6. The number of carbonyl (C=O) groups excluding carboxylic acids is 2. The number of fused-ring (bicyclic) bond motifs is 1. The molecule has 4 heterocycles. The number of carbonyl (C=O) groups is 2. The van der Waals surface area contributed by atoms with E-state index >= 15 is 0 Å². The minimum atomic E-state index is -2.88. The van der Waals surface area contributed by atoms with Crippen LogP contribution in [0.25, 0.3) is 21.3 Å². The van der Waals surface area contributed by atoms with Crippen molar-refractivity contribution in [3.63, 3.8) is 0 Å². The summed E-state index contributed by atoms with van der Waals surface area (Å²) < 4.78 is 29.9.